The van der Waals surface area contributed by atoms with Crippen molar-refractivity contribution >= 4 is 12.0 Å². The molecule has 0 spiro atoms. The number of carboxylic acids is 1. The Kier molecular flexibility index (Phi) is 7.00. The van der Waals surface area contributed by atoms with E-state index in [9.17, 15) is 9.59 Å². The molecule has 0 rings (SSSR count). The minimum Gasteiger partial charge on any atom is -0.481 e. The van der Waals surface area contributed by atoms with Crippen LogP contribution in [-0.2, 0) is 4.79 Å². The van der Waals surface area contributed by atoms with E-state index in [0.29, 0.717) is 26.1 Å². The van der Waals surface area contributed by atoms with Crippen molar-refractivity contribution in [1.82, 2.24) is 10.2 Å². The van der Waals surface area contributed by atoms with Crippen LogP contribution in [0.2, 0.25) is 0 Å². The lowest BCUT2D eigenvalue weighted by molar-refractivity contribution is -0.141. The summed E-state index contributed by atoms with van der Waals surface area (Å²) in [4.78, 5) is 23.7. The molecular formula is C11H20N2O3. The number of nitrogens with one attached hydrogen (secondary N) is 1. The summed E-state index contributed by atoms with van der Waals surface area (Å²) in [6.07, 6.45) is 2.09. The topological polar surface area (TPSA) is 69.6 Å². The third-order valence-corrected chi connectivity index (χ3v) is 2.29. The summed E-state index contributed by atoms with van der Waals surface area (Å²) in [7, 11) is 0. The van der Waals surface area contributed by atoms with Crippen LogP contribution >= 0.6 is 0 Å². The van der Waals surface area contributed by atoms with Gasteiger partial charge in [-0.05, 0) is 13.3 Å². The van der Waals surface area contributed by atoms with E-state index in [1.165, 1.54) is 0 Å². The summed E-state index contributed by atoms with van der Waals surface area (Å²) in [6, 6.07) is -0.181. The zero-order valence-corrected chi connectivity index (χ0v) is 9.90. The Hall–Kier alpha value is -1.52. The zero-order valence-electron chi connectivity index (χ0n) is 9.90. The van der Waals surface area contributed by atoms with Crippen molar-refractivity contribution in [1.29, 1.82) is 0 Å². The molecule has 0 fully saturated rings. The largest absolute Gasteiger partial charge is 0.481 e. The maximum Gasteiger partial charge on any atom is 0.317 e. The smallest absolute Gasteiger partial charge is 0.317 e. The summed E-state index contributed by atoms with van der Waals surface area (Å²) >= 11 is 0. The maximum absolute atomic E-state index is 11.5. The van der Waals surface area contributed by atoms with Gasteiger partial charge in [0.15, 0.2) is 0 Å². The van der Waals surface area contributed by atoms with Crippen LogP contribution in [0.1, 0.15) is 20.3 Å². The van der Waals surface area contributed by atoms with E-state index in [4.69, 9.17) is 5.11 Å². The first-order valence-corrected chi connectivity index (χ1v) is 5.39. The van der Waals surface area contributed by atoms with Gasteiger partial charge in [-0.2, -0.15) is 0 Å². The van der Waals surface area contributed by atoms with Crippen LogP contribution in [0.4, 0.5) is 4.79 Å². The highest BCUT2D eigenvalue weighted by molar-refractivity contribution is 5.74. The highest BCUT2D eigenvalue weighted by atomic mass is 16.4. The number of carbonyl (C=O) groups is 2. The third kappa shape index (κ3) is 5.38. The van der Waals surface area contributed by atoms with Crippen molar-refractivity contribution in [3.8, 4) is 0 Å². The van der Waals surface area contributed by atoms with E-state index < -0.39 is 11.9 Å². The molecule has 1 atom stereocenters. The van der Waals surface area contributed by atoms with Gasteiger partial charge in [-0.15, -0.1) is 6.58 Å². The number of carboxylic acid groups (broad SMARTS) is 1. The summed E-state index contributed by atoms with van der Waals surface area (Å²) in [5.41, 5.74) is 0. The van der Waals surface area contributed by atoms with Gasteiger partial charge >= 0.3 is 12.0 Å². The van der Waals surface area contributed by atoms with Crippen LogP contribution < -0.4 is 5.32 Å². The van der Waals surface area contributed by atoms with E-state index in [0.717, 1.165) is 0 Å². The number of likely N-dealkylation sites (N-methyl/N-ethyl adjacent to an activating group) is 1. The Bertz CT molecular complexity index is 254. The van der Waals surface area contributed by atoms with Gasteiger partial charge < -0.3 is 15.3 Å². The molecule has 92 valence electrons. The Morgan fingerprint density at radius 2 is 2.19 bits per heavy atom. The van der Waals surface area contributed by atoms with Gasteiger partial charge in [-0.1, -0.05) is 13.0 Å². The number of hydrogen-bond acceptors (Lipinski definition) is 2. The second-order valence-electron chi connectivity index (χ2n) is 3.59. The van der Waals surface area contributed by atoms with Gasteiger partial charge in [0.25, 0.3) is 0 Å². The molecule has 1 unspecified atom stereocenters. The molecule has 0 heterocycles. The van der Waals surface area contributed by atoms with Crippen LogP contribution in [0.3, 0.4) is 0 Å². The molecule has 16 heavy (non-hydrogen) atoms. The van der Waals surface area contributed by atoms with Crippen LogP contribution in [0.15, 0.2) is 12.7 Å². The van der Waals surface area contributed by atoms with E-state index >= 15 is 0 Å². The van der Waals surface area contributed by atoms with Gasteiger partial charge in [0, 0.05) is 19.6 Å². The van der Waals surface area contributed by atoms with Crippen molar-refractivity contribution in [2.45, 2.75) is 20.3 Å². The molecule has 0 saturated carbocycles. The molecule has 0 aliphatic rings. The summed E-state index contributed by atoms with van der Waals surface area (Å²) in [5, 5.41) is 11.3. The van der Waals surface area contributed by atoms with Crippen molar-refractivity contribution in [2.75, 3.05) is 19.6 Å². The Morgan fingerprint density at radius 3 is 2.62 bits per heavy atom. The monoisotopic (exact) mass is 228 g/mol. The lowest BCUT2D eigenvalue weighted by Crippen LogP contribution is -2.40. The van der Waals surface area contributed by atoms with E-state index in [1.54, 1.807) is 17.9 Å². The first-order chi connectivity index (χ1) is 7.52. The van der Waals surface area contributed by atoms with Gasteiger partial charge in [-0.3, -0.25) is 4.79 Å². The molecule has 2 N–H and O–H groups in total. The van der Waals surface area contributed by atoms with Crippen LogP contribution in [0.25, 0.3) is 0 Å². The Morgan fingerprint density at radius 1 is 1.56 bits per heavy atom. The molecule has 0 radical (unpaired) electrons. The molecular weight excluding hydrogens is 208 g/mol. The van der Waals surface area contributed by atoms with E-state index in [-0.39, 0.29) is 6.03 Å². The lowest BCUT2D eigenvalue weighted by Gasteiger charge is -2.19. The number of urea groups is 1. The molecule has 0 aromatic heterocycles. The number of rotatable bonds is 7. The summed E-state index contributed by atoms with van der Waals surface area (Å²) < 4.78 is 0. The predicted molar refractivity (Wildman–Crippen MR) is 62.3 cm³/mol. The van der Waals surface area contributed by atoms with E-state index in [1.807, 2.05) is 6.92 Å². The number of aliphatic carboxylic acids is 1. The molecule has 0 aliphatic carbocycles. The quantitative estimate of drug-likeness (QED) is 0.645. The van der Waals surface area contributed by atoms with Gasteiger partial charge in [0.1, 0.15) is 0 Å². The predicted octanol–water partition coefficient (Wildman–Crippen LogP) is 1.31. The minimum atomic E-state index is -0.840. The van der Waals surface area contributed by atoms with Crippen molar-refractivity contribution < 1.29 is 14.7 Å². The lowest BCUT2D eigenvalue weighted by atomic mass is 10.1. The standard InChI is InChI=1S/C11H20N2O3/c1-4-8-13(5-2)11(16)12-7-6-9(3)10(14)15/h4,9H,1,5-8H2,2-3H3,(H,12,16)(H,14,15). The number of hydrogen-bond donors (Lipinski definition) is 2. The highest BCUT2D eigenvalue weighted by Gasteiger charge is 2.12. The molecule has 5 nitrogen and oxygen atoms in total. The molecule has 2 amide bonds. The average molecular weight is 228 g/mol. The number of carbonyl (C=O) groups excluding carboxylic acids is 1. The molecule has 0 aromatic rings. The van der Waals surface area contributed by atoms with Gasteiger partial charge in [0.2, 0.25) is 0 Å². The first kappa shape index (κ1) is 14.5. The molecule has 0 bridgehead atoms. The summed E-state index contributed by atoms with van der Waals surface area (Å²) in [5.74, 6) is -1.28. The fourth-order valence-electron chi connectivity index (χ4n) is 1.14. The second kappa shape index (κ2) is 7.73. The second-order valence-corrected chi connectivity index (χ2v) is 3.59. The maximum atomic E-state index is 11.5. The average Bonchev–Trinajstić information content (AvgIpc) is 2.25. The van der Waals surface area contributed by atoms with E-state index in [2.05, 4.69) is 11.9 Å². The van der Waals surface area contributed by atoms with Gasteiger partial charge in [0.05, 0.1) is 5.92 Å². The molecule has 0 aromatic carbocycles. The normalized spacial score (nSPS) is 11.6. The Labute approximate surface area is 96.1 Å². The van der Waals surface area contributed by atoms with Crippen molar-refractivity contribution in [2.24, 2.45) is 5.92 Å². The zero-order chi connectivity index (χ0) is 12.6. The molecule has 0 aliphatic heterocycles. The van der Waals surface area contributed by atoms with Crippen molar-refractivity contribution in [3.05, 3.63) is 12.7 Å². The fourth-order valence-corrected chi connectivity index (χ4v) is 1.14. The number of nitrogens with zero attached hydrogens (tertiary/aromatic N) is 1. The highest BCUT2D eigenvalue weighted by Crippen LogP contribution is 2.00. The number of amides is 2. The van der Waals surface area contributed by atoms with Crippen LogP contribution in [0, 0.1) is 5.92 Å². The first-order valence-electron chi connectivity index (χ1n) is 5.39. The molecule has 0 saturated heterocycles. The third-order valence-electron chi connectivity index (χ3n) is 2.29. The van der Waals surface area contributed by atoms with Crippen LogP contribution in [-0.4, -0.2) is 41.6 Å². The Balaban J connectivity index is 3.87. The fraction of sp³-hybridized carbons (Fsp3) is 0.636. The van der Waals surface area contributed by atoms with Crippen molar-refractivity contribution in [3.63, 3.8) is 0 Å². The summed E-state index contributed by atoms with van der Waals surface area (Å²) in [6.45, 7) is 8.54. The molecule has 5 heteroatoms. The SMILES string of the molecule is C=CCN(CC)C(=O)NCCC(C)C(=O)O. The van der Waals surface area contributed by atoms with Crippen LogP contribution in [0.5, 0.6) is 0 Å². The van der Waals surface area contributed by atoms with Gasteiger partial charge in [-0.25, -0.2) is 4.79 Å². The minimum absolute atomic E-state index is 0.181.